The van der Waals surface area contributed by atoms with Gasteiger partial charge in [0, 0.05) is 0 Å². The van der Waals surface area contributed by atoms with Crippen LogP contribution in [0.1, 0.15) is 26.3 Å². The van der Waals surface area contributed by atoms with Crippen LogP contribution in [-0.2, 0) is 16.0 Å². The SMILES string of the molecule is CC(C)(C)OC(=O)NC(Cc1ccccc1)C(=O)C(Cl)Br. The number of hydrogen-bond donors (Lipinski definition) is 1. The summed E-state index contributed by atoms with van der Waals surface area (Å²) in [4.78, 5) is 23.9. The predicted molar refractivity (Wildman–Crippen MR) is 86.9 cm³/mol. The summed E-state index contributed by atoms with van der Waals surface area (Å²) in [5, 5.41) is 2.58. The summed E-state index contributed by atoms with van der Waals surface area (Å²) >= 11 is 8.81. The minimum Gasteiger partial charge on any atom is -0.444 e. The molecule has 6 heteroatoms. The van der Waals surface area contributed by atoms with Crippen molar-refractivity contribution in [3.05, 3.63) is 35.9 Å². The van der Waals surface area contributed by atoms with Crippen LogP contribution < -0.4 is 5.32 Å². The highest BCUT2D eigenvalue weighted by Gasteiger charge is 2.27. The second-order valence-electron chi connectivity index (χ2n) is 5.59. The molecule has 0 aromatic heterocycles. The summed E-state index contributed by atoms with van der Waals surface area (Å²) in [6.45, 7) is 5.28. The van der Waals surface area contributed by atoms with Gasteiger partial charge in [-0.3, -0.25) is 4.79 Å². The van der Waals surface area contributed by atoms with Gasteiger partial charge in [-0.2, -0.15) is 0 Å². The molecule has 0 bridgehead atoms. The summed E-state index contributed by atoms with van der Waals surface area (Å²) < 4.78 is 4.32. The predicted octanol–water partition coefficient (Wildman–Crippen LogP) is 3.65. The molecule has 0 saturated heterocycles. The number of amides is 1. The number of Topliss-reactive ketones (excluding diaryl/α,β-unsaturated/α-hetero) is 1. The third kappa shape index (κ3) is 6.96. The van der Waals surface area contributed by atoms with Crippen LogP contribution in [0.2, 0.25) is 0 Å². The number of nitrogens with one attached hydrogen (secondary N) is 1. The van der Waals surface area contributed by atoms with Crippen molar-refractivity contribution >= 4 is 39.4 Å². The lowest BCUT2D eigenvalue weighted by Gasteiger charge is -2.23. The molecular weight excluding hydrogens is 358 g/mol. The van der Waals surface area contributed by atoms with E-state index >= 15 is 0 Å². The minimum atomic E-state index is -0.860. The molecule has 1 amide bonds. The van der Waals surface area contributed by atoms with Crippen LogP contribution in [0.25, 0.3) is 0 Å². The molecule has 0 radical (unpaired) electrons. The molecule has 0 aliphatic heterocycles. The molecule has 4 nitrogen and oxygen atoms in total. The van der Waals surface area contributed by atoms with Gasteiger partial charge in [0.25, 0.3) is 0 Å². The first-order chi connectivity index (χ1) is 9.69. The van der Waals surface area contributed by atoms with Gasteiger partial charge in [0.15, 0.2) is 5.78 Å². The van der Waals surface area contributed by atoms with Crippen molar-refractivity contribution in [3.8, 4) is 0 Å². The van der Waals surface area contributed by atoms with Crippen molar-refractivity contribution in [2.24, 2.45) is 0 Å². The maximum Gasteiger partial charge on any atom is 0.408 e. The Kier molecular flexibility index (Phi) is 6.68. The van der Waals surface area contributed by atoms with E-state index in [1.807, 2.05) is 30.3 Å². The zero-order valence-electron chi connectivity index (χ0n) is 12.2. The van der Waals surface area contributed by atoms with Gasteiger partial charge in [-0.25, -0.2) is 4.79 Å². The van der Waals surface area contributed by atoms with E-state index in [1.165, 1.54) is 0 Å². The summed E-state index contributed by atoms with van der Waals surface area (Å²) in [7, 11) is 0. The molecule has 1 N–H and O–H groups in total. The topological polar surface area (TPSA) is 55.4 Å². The molecular formula is C15H19BrClNO3. The van der Waals surface area contributed by atoms with E-state index in [-0.39, 0.29) is 5.78 Å². The molecule has 0 heterocycles. The molecule has 2 atom stereocenters. The van der Waals surface area contributed by atoms with Crippen molar-refractivity contribution in [2.75, 3.05) is 0 Å². The number of hydrogen-bond acceptors (Lipinski definition) is 3. The second-order valence-corrected chi connectivity index (χ2v) is 7.47. The molecule has 0 aliphatic rings. The Morgan fingerprint density at radius 1 is 1.29 bits per heavy atom. The number of halogens is 2. The Morgan fingerprint density at radius 2 is 1.86 bits per heavy atom. The quantitative estimate of drug-likeness (QED) is 0.798. The van der Waals surface area contributed by atoms with E-state index in [1.54, 1.807) is 20.8 Å². The fourth-order valence-corrected chi connectivity index (χ4v) is 2.15. The summed E-state index contributed by atoms with van der Waals surface area (Å²) in [5.41, 5.74) is 0.302. The highest BCUT2D eigenvalue weighted by molar-refractivity contribution is 9.10. The lowest BCUT2D eigenvalue weighted by atomic mass is 10.0. The first-order valence-electron chi connectivity index (χ1n) is 6.54. The van der Waals surface area contributed by atoms with Crippen molar-refractivity contribution in [1.29, 1.82) is 0 Å². The maximum absolute atomic E-state index is 12.1. The number of alkyl carbamates (subject to hydrolysis) is 1. The van der Waals surface area contributed by atoms with Gasteiger partial charge in [-0.05, 0) is 32.8 Å². The number of carbonyl (C=O) groups is 2. The van der Waals surface area contributed by atoms with E-state index in [0.717, 1.165) is 5.56 Å². The highest BCUT2D eigenvalue weighted by atomic mass is 79.9. The fourth-order valence-electron chi connectivity index (χ4n) is 1.67. The largest absolute Gasteiger partial charge is 0.444 e. The maximum atomic E-state index is 12.1. The van der Waals surface area contributed by atoms with Crippen LogP contribution in [-0.4, -0.2) is 27.8 Å². The molecule has 0 aliphatic carbocycles. The lowest BCUT2D eigenvalue weighted by Crippen LogP contribution is -2.46. The Hall–Kier alpha value is -1.07. The number of benzene rings is 1. The molecule has 21 heavy (non-hydrogen) atoms. The first kappa shape index (κ1) is 18.0. The van der Waals surface area contributed by atoms with Gasteiger partial charge < -0.3 is 10.1 Å². The Bertz CT molecular complexity index is 485. The van der Waals surface area contributed by atoms with Gasteiger partial charge in [0.2, 0.25) is 0 Å². The average Bonchev–Trinajstić information content (AvgIpc) is 2.36. The first-order valence-corrected chi connectivity index (χ1v) is 7.89. The number of alkyl halides is 2. The van der Waals surface area contributed by atoms with E-state index in [0.29, 0.717) is 6.42 Å². The normalized spacial score (nSPS) is 14.1. The molecule has 0 fully saturated rings. The smallest absolute Gasteiger partial charge is 0.408 e. The number of carbonyl (C=O) groups excluding carboxylic acids is 2. The van der Waals surface area contributed by atoms with Crippen LogP contribution >= 0.6 is 27.5 Å². The zero-order chi connectivity index (χ0) is 16.0. The standard InChI is InChI=1S/C15H19BrClNO3/c1-15(2,3)21-14(20)18-11(12(19)13(16)17)9-10-7-5-4-6-8-10/h4-8,11,13H,9H2,1-3H3,(H,18,20). The van der Waals surface area contributed by atoms with E-state index in [9.17, 15) is 9.59 Å². The third-order valence-corrected chi connectivity index (χ3v) is 3.20. The fraction of sp³-hybridized carbons (Fsp3) is 0.467. The van der Waals surface area contributed by atoms with Crippen LogP contribution in [0, 0.1) is 0 Å². The lowest BCUT2D eigenvalue weighted by molar-refractivity contribution is -0.119. The second kappa shape index (κ2) is 7.80. The highest BCUT2D eigenvalue weighted by Crippen LogP contribution is 2.14. The molecule has 0 saturated carbocycles. The van der Waals surface area contributed by atoms with Gasteiger partial charge >= 0.3 is 6.09 Å². The Morgan fingerprint density at radius 3 is 2.33 bits per heavy atom. The molecule has 1 rings (SSSR count). The van der Waals surface area contributed by atoms with Crippen LogP contribution in [0.5, 0.6) is 0 Å². The summed E-state index contributed by atoms with van der Waals surface area (Å²) in [5.74, 6) is -0.314. The van der Waals surface area contributed by atoms with Crippen LogP contribution in [0.4, 0.5) is 4.79 Å². The number of ether oxygens (including phenoxy) is 1. The van der Waals surface area contributed by atoms with Gasteiger partial charge in [0.1, 0.15) is 9.89 Å². The van der Waals surface area contributed by atoms with E-state index in [2.05, 4.69) is 21.2 Å². The average molecular weight is 377 g/mol. The van der Waals surface area contributed by atoms with Crippen molar-refractivity contribution in [2.45, 2.75) is 43.1 Å². The van der Waals surface area contributed by atoms with E-state index < -0.39 is 22.0 Å². The molecule has 1 aromatic rings. The minimum absolute atomic E-state index is 0.314. The molecule has 2 unspecified atom stereocenters. The van der Waals surface area contributed by atoms with Gasteiger partial charge in [-0.1, -0.05) is 46.3 Å². The van der Waals surface area contributed by atoms with Crippen molar-refractivity contribution in [3.63, 3.8) is 0 Å². The molecule has 0 spiro atoms. The number of ketones is 1. The Labute approximate surface area is 138 Å². The van der Waals surface area contributed by atoms with Crippen molar-refractivity contribution < 1.29 is 14.3 Å². The summed E-state index contributed by atoms with van der Waals surface area (Å²) in [6, 6.07) is 8.65. The Balaban J connectivity index is 2.78. The van der Waals surface area contributed by atoms with Gasteiger partial charge in [-0.15, -0.1) is 11.6 Å². The van der Waals surface area contributed by atoms with E-state index in [4.69, 9.17) is 16.3 Å². The van der Waals surface area contributed by atoms with Crippen LogP contribution in [0.3, 0.4) is 0 Å². The zero-order valence-corrected chi connectivity index (χ0v) is 14.6. The third-order valence-electron chi connectivity index (χ3n) is 2.53. The van der Waals surface area contributed by atoms with Crippen molar-refractivity contribution in [1.82, 2.24) is 5.32 Å². The number of rotatable bonds is 5. The van der Waals surface area contributed by atoms with Gasteiger partial charge in [0.05, 0.1) is 6.04 Å². The monoisotopic (exact) mass is 375 g/mol. The van der Waals surface area contributed by atoms with Crippen LogP contribution in [0.15, 0.2) is 30.3 Å². The molecule has 116 valence electrons. The summed E-state index contributed by atoms with van der Waals surface area (Å²) in [6.07, 6.45) is -0.283. The molecule has 1 aromatic carbocycles.